The minimum atomic E-state index is -0.488. The number of carbonyl (C=O) groups is 2. The van der Waals surface area contributed by atoms with Crippen molar-refractivity contribution in [1.82, 2.24) is 20.5 Å². The molecule has 1 aromatic carbocycles. The number of rotatable bonds is 2. The first-order chi connectivity index (χ1) is 15.2. The highest BCUT2D eigenvalue weighted by atomic mass is 32.1. The number of allylic oxidation sites excluding steroid dienone is 1. The smallest absolute Gasteiger partial charge is 0.255 e. The van der Waals surface area contributed by atoms with Crippen LogP contribution in [0.1, 0.15) is 34.6 Å². The minimum absolute atomic E-state index is 0.0496. The molecule has 1 aromatic heterocycles. The molecule has 3 heterocycles. The Morgan fingerprint density at radius 3 is 2.90 bits per heavy atom. The number of hydrogen-bond acceptors (Lipinski definition) is 6. The van der Waals surface area contributed by atoms with Gasteiger partial charge in [0.2, 0.25) is 5.91 Å². The minimum Gasteiger partial charge on any atom is -0.489 e. The first kappa shape index (κ1) is 21.5. The summed E-state index contributed by atoms with van der Waals surface area (Å²) in [6.07, 6.45) is 8.27. The lowest BCUT2D eigenvalue weighted by Crippen LogP contribution is -2.52. The van der Waals surface area contributed by atoms with Gasteiger partial charge < -0.3 is 15.4 Å². The van der Waals surface area contributed by atoms with E-state index in [0.29, 0.717) is 44.0 Å². The molecule has 1 saturated heterocycles. The van der Waals surface area contributed by atoms with Crippen molar-refractivity contribution in [2.45, 2.75) is 25.8 Å². The number of para-hydroxylation sites is 1. The first-order valence-corrected chi connectivity index (χ1v) is 11.6. The molecule has 2 aliphatic rings. The number of nitrogens with one attached hydrogen (secondary N) is 2. The van der Waals surface area contributed by atoms with Crippen LogP contribution in [0, 0.1) is 5.41 Å². The fourth-order valence-corrected chi connectivity index (χ4v) is 4.92. The predicted octanol–water partition coefficient (Wildman–Crippen LogP) is 2.61. The molecule has 0 unspecified atom stereocenters. The van der Waals surface area contributed by atoms with E-state index in [1.54, 1.807) is 23.5 Å². The van der Waals surface area contributed by atoms with Crippen LogP contribution in [0.5, 0.6) is 5.75 Å². The standard InChI is InChI=1S/C23H28N4O3S/c28-21-18-6-1-2-7-19(18)30-14-4-3-8-23(22(29)26-11-10-25-21)9-5-13-27(17-23)16-20-24-12-15-31-20/h1-4,6-7,12,15H,5,8-11,13-14,16-17H2,(H,25,28)(H,26,29)/b4-3+/t23-/m0/s1. The Bertz CT molecular complexity index is 931. The molecule has 31 heavy (non-hydrogen) atoms. The van der Waals surface area contributed by atoms with Gasteiger partial charge >= 0.3 is 0 Å². The van der Waals surface area contributed by atoms with E-state index in [0.717, 1.165) is 30.9 Å². The van der Waals surface area contributed by atoms with Crippen molar-refractivity contribution >= 4 is 23.2 Å². The highest BCUT2D eigenvalue weighted by Crippen LogP contribution is 2.35. The average molecular weight is 441 g/mol. The van der Waals surface area contributed by atoms with E-state index in [9.17, 15) is 9.59 Å². The zero-order chi connectivity index (χ0) is 21.5. The number of ether oxygens (including phenoxy) is 1. The van der Waals surface area contributed by atoms with E-state index in [1.165, 1.54) is 0 Å². The van der Waals surface area contributed by atoms with E-state index in [4.69, 9.17) is 4.74 Å². The number of amides is 2. The third kappa shape index (κ3) is 5.32. The van der Waals surface area contributed by atoms with Crippen LogP contribution in [-0.2, 0) is 11.3 Å². The van der Waals surface area contributed by atoms with Gasteiger partial charge in [0.1, 0.15) is 17.4 Å². The third-order valence-corrected chi connectivity index (χ3v) is 6.58. The predicted molar refractivity (Wildman–Crippen MR) is 120 cm³/mol. The number of piperidine rings is 1. The Labute approximate surface area is 186 Å². The van der Waals surface area contributed by atoms with Crippen LogP contribution in [0.3, 0.4) is 0 Å². The number of carbonyl (C=O) groups excluding carboxylic acids is 2. The lowest BCUT2D eigenvalue weighted by Gasteiger charge is -2.41. The summed E-state index contributed by atoms with van der Waals surface area (Å²) >= 11 is 1.65. The topological polar surface area (TPSA) is 83.6 Å². The molecule has 8 heteroatoms. The average Bonchev–Trinajstić information content (AvgIpc) is 3.29. The maximum absolute atomic E-state index is 13.3. The van der Waals surface area contributed by atoms with Gasteiger partial charge in [-0.3, -0.25) is 14.5 Å². The largest absolute Gasteiger partial charge is 0.489 e. The van der Waals surface area contributed by atoms with Crippen molar-refractivity contribution in [3.63, 3.8) is 0 Å². The zero-order valence-corrected chi connectivity index (χ0v) is 18.3. The van der Waals surface area contributed by atoms with E-state index in [1.807, 2.05) is 35.9 Å². The second-order valence-electron chi connectivity index (χ2n) is 8.01. The SMILES string of the molecule is O=C1NCCNC(=O)[C@@]2(C/C=C/COc3ccccc31)CCCN(Cc1nccs1)C2. The quantitative estimate of drug-likeness (QED) is 0.702. The van der Waals surface area contributed by atoms with Gasteiger partial charge in [0.05, 0.1) is 17.5 Å². The van der Waals surface area contributed by atoms with Crippen molar-refractivity contribution in [2.75, 3.05) is 32.8 Å². The molecule has 2 aromatic rings. The lowest BCUT2D eigenvalue weighted by molar-refractivity contribution is -0.134. The molecule has 0 bridgehead atoms. The number of fused-ring (bicyclic) bond motifs is 1. The molecule has 7 nitrogen and oxygen atoms in total. The first-order valence-electron chi connectivity index (χ1n) is 10.7. The van der Waals surface area contributed by atoms with Crippen molar-refractivity contribution < 1.29 is 14.3 Å². The molecule has 1 atom stereocenters. The molecule has 2 N–H and O–H groups in total. The van der Waals surface area contributed by atoms with Gasteiger partial charge in [0.25, 0.3) is 5.91 Å². The molecule has 0 saturated carbocycles. The second kappa shape index (κ2) is 10.1. The molecule has 0 radical (unpaired) electrons. The maximum atomic E-state index is 13.3. The molecule has 1 spiro atoms. The van der Waals surface area contributed by atoms with E-state index >= 15 is 0 Å². The Balaban J connectivity index is 1.49. The number of benzene rings is 1. The number of hydrogen-bond donors (Lipinski definition) is 2. The highest BCUT2D eigenvalue weighted by molar-refractivity contribution is 7.09. The zero-order valence-electron chi connectivity index (χ0n) is 17.5. The summed E-state index contributed by atoms with van der Waals surface area (Å²) < 4.78 is 5.83. The number of nitrogens with zero attached hydrogens (tertiary/aromatic N) is 2. The lowest BCUT2D eigenvalue weighted by atomic mass is 9.76. The van der Waals surface area contributed by atoms with Gasteiger partial charge in [0, 0.05) is 31.2 Å². The molecule has 2 amide bonds. The summed E-state index contributed by atoms with van der Waals surface area (Å²) in [6.45, 7) is 3.55. The molecular weight excluding hydrogens is 412 g/mol. The van der Waals surface area contributed by atoms with Crippen LogP contribution in [0.15, 0.2) is 48.0 Å². The molecule has 164 valence electrons. The number of aromatic nitrogens is 1. The molecule has 2 aliphatic heterocycles. The van der Waals surface area contributed by atoms with Gasteiger partial charge in [-0.05, 0) is 37.9 Å². The van der Waals surface area contributed by atoms with Crippen molar-refractivity contribution in [2.24, 2.45) is 5.41 Å². The van der Waals surface area contributed by atoms with Crippen LogP contribution in [0.25, 0.3) is 0 Å². The summed E-state index contributed by atoms with van der Waals surface area (Å²) in [5.74, 6) is 0.411. The summed E-state index contributed by atoms with van der Waals surface area (Å²) in [5, 5.41) is 8.99. The van der Waals surface area contributed by atoms with Gasteiger partial charge in [-0.2, -0.15) is 0 Å². The van der Waals surface area contributed by atoms with Gasteiger partial charge in [-0.25, -0.2) is 4.98 Å². The van der Waals surface area contributed by atoms with Crippen LogP contribution in [0.4, 0.5) is 0 Å². The van der Waals surface area contributed by atoms with E-state index in [2.05, 4.69) is 20.5 Å². The van der Waals surface area contributed by atoms with Gasteiger partial charge in [-0.1, -0.05) is 24.3 Å². The Morgan fingerprint density at radius 2 is 2.03 bits per heavy atom. The van der Waals surface area contributed by atoms with Crippen molar-refractivity contribution in [1.29, 1.82) is 0 Å². The van der Waals surface area contributed by atoms with Gasteiger partial charge in [0.15, 0.2) is 0 Å². The molecule has 1 fully saturated rings. The summed E-state index contributed by atoms with van der Waals surface area (Å²) in [4.78, 5) is 32.5. The fourth-order valence-electron chi connectivity index (χ4n) is 4.26. The highest BCUT2D eigenvalue weighted by Gasteiger charge is 2.41. The third-order valence-electron chi connectivity index (χ3n) is 5.82. The maximum Gasteiger partial charge on any atom is 0.255 e. The van der Waals surface area contributed by atoms with Crippen molar-refractivity contribution in [3.05, 3.63) is 58.6 Å². The monoisotopic (exact) mass is 440 g/mol. The normalized spacial score (nSPS) is 24.4. The molecular formula is C23H28N4O3S. The molecule has 4 rings (SSSR count). The summed E-state index contributed by atoms with van der Waals surface area (Å²) in [5.41, 5.74) is 0.0127. The summed E-state index contributed by atoms with van der Waals surface area (Å²) in [7, 11) is 0. The van der Waals surface area contributed by atoms with E-state index < -0.39 is 5.41 Å². The number of likely N-dealkylation sites (tertiary alicyclic amines) is 1. The van der Waals surface area contributed by atoms with Crippen LogP contribution in [0.2, 0.25) is 0 Å². The van der Waals surface area contributed by atoms with Crippen molar-refractivity contribution in [3.8, 4) is 5.75 Å². The van der Waals surface area contributed by atoms with Gasteiger partial charge in [-0.15, -0.1) is 11.3 Å². The Kier molecular flexibility index (Phi) is 6.99. The Hall–Kier alpha value is -2.71. The van der Waals surface area contributed by atoms with E-state index in [-0.39, 0.29) is 11.8 Å². The van der Waals surface area contributed by atoms with Crippen LogP contribution < -0.4 is 15.4 Å². The van der Waals surface area contributed by atoms with Crippen LogP contribution in [-0.4, -0.2) is 54.5 Å². The summed E-state index contributed by atoms with van der Waals surface area (Å²) in [6, 6.07) is 7.21. The van der Waals surface area contributed by atoms with Crippen LogP contribution >= 0.6 is 11.3 Å². The second-order valence-corrected chi connectivity index (χ2v) is 8.99. The Morgan fingerprint density at radius 1 is 1.16 bits per heavy atom. The fraction of sp³-hybridized carbons (Fsp3) is 0.435. The number of thiazole rings is 1. The molecule has 0 aliphatic carbocycles.